The summed E-state index contributed by atoms with van der Waals surface area (Å²) in [5, 5.41) is 3.34. The summed E-state index contributed by atoms with van der Waals surface area (Å²) in [6.07, 6.45) is 8.53. The molecule has 2 saturated carbocycles. The molecule has 98 valence electrons. The molecule has 2 nitrogen and oxygen atoms in total. The van der Waals surface area contributed by atoms with Gasteiger partial charge in [-0.3, -0.25) is 4.79 Å². The van der Waals surface area contributed by atoms with Crippen molar-refractivity contribution in [2.45, 2.75) is 71.8 Å². The molecule has 0 aromatic rings. The molecule has 0 heterocycles. The molecule has 2 heteroatoms. The molecule has 0 aromatic carbocycles. The van der Waals surface area contributed by atoms with Crippen LogP contribution in [0.4, 0.5) is 0 Å². The highest BCUT2D eigenvalue weighted by Gasteiger charge is 2.36. The maximum absolute atomic E-state index is 12.1. The van der Waals surface area contributed by atoms with Crippen molar-refractivity contribution in [3.8, 4) is 0 Å². The van der Waals surface area contributed by atoms with E-state index < -0.39 is 0 Å². The molecular formula is C15H27NO. The Kier molecular flexibility index (Phi) is 3.79. The molecule has 0 radical (unpaired) electrons. The highest BCUT2D eigenvalue weighted by Crippen LogP contribution is 2.38. The number of hydrogen-bond acceptors (Lipinski definition) is 1. The first-order chi connectivity index (χ1) is 7.98. The normalized spacial score (nSPS) is 30.8. The highest BCUT2D eigenvalue weighted by atomic mass is 16.2. The van der Waals surface area contributed by atoms with Crippen molar-refractivity contribution in [2.24, 2.45) is 17.3 Å². The highest BCUT2D eigenvalue weighted by molar-refractivity contribution is 5.79. The molecule has 0 bridgehead atoms. The standard InChI is InChI=1S/C15H27NO/c1-15(2,3)12-9-4-5-10-13(12)16-14(17)11-7-6-8-11/h11-13H,4-10H2,1-3H3,(H,16,17)/t12-,13+/m1/s1. The van der Waals surface area contributed by atoms with Crippen LogP contribution in [0.2, 0.25) is 0 Å². The predicted molar refractivity (Wildman–Crippen MR) is 70.7 cm³/mol. The van der Waals surface area contributed by atoms with Crippen LogP contribution in [0.1, 0.15) is 65.7 Å². The molecule has 1 N–H and O–H groups in total. The summed E-state index contributed by atoms with van der Waals surface area (Å²) < 4.78 is 0. The molecule has 0 aliphatic heterocycles. The molecule has 0 aromatic heterocycles. The number of nitrogens with one attached hydrogen (secondary N) is 1. The summed E-state index contributed by atoms with van der Waals surface area (Å²) in [5.74, 6) is 1.32. The van der Waals surface area contributed by atoms with Crippen LogP contribution in [0.5, 0.6) is 0 Å². The van der Waals surface area contributed by atoms with Gasteiger partial charge in [-0.1, -0.05) is 40.0 Å². The lowest BCUT2D eigenvalue weighted by atomic mass is 9.69. The van der Waals surface area contributed by atoms with Crippen molar-refractivity contribution in [2.75, 3.05) is 0 Å². The average molecular weight is 237 g/mol. The number of amides is 1. The van der Waals surface area contributed by atoms with Crippen LogP contribution >= 0.6 is 0 Å². The van der Waals surface area contributed by atoms with Gasteiger partial charge in [-0.15, -0.1) is 0 Å². The fourth-order valence-corrected chi connectivity index (χ4v) is 3.31. The van der Waals surface area contributed by atoms with E-state index in [2.05, 4.69) is 26.1 Å². The Labute approximate surface area is 106 Å². The molecule has 1 amide bonds. The Morgan fingerprint density at radius 3 is 2.18 bits per heavy atom. The van der Waals surface area contributed by atoms with Crippen LogP contribution in [0.25, 0.3) is 0 Å². The lowest BCUT2D eigenvalue weighted by molar-refractivity contribution is -0.129. The topological polar surface area (TPSA) is 29.1 Å². The summed E-state index contributed by atoms with van der Waals surface area (Å²) in [5.41, 5.74) is 0.317. The quantitative estimate of drug-likeness (QED) is 0.782. The lowest BCUT2D eigenvalue weighted by Gasteiger charge is -2.41. The van der Waals surface area contributed by atoms with Gasteiger partial charge in [0.1, 0.15) is 0 Å². The molecule has 2 fully saturated rings. The second-order valence-electron chi connectivity index (χ2n) is 7.00. The molecule has 2 rings (SSSR count). The van der Waals surface area contributed by atoms with E-state index in [-0.39, 0.29) is 0 Å². The minimum Gasteiger partial charge on any atom is -0.353 e. The van der Waals surface area contributed by atoms with E-state index in [0.29, 0.717) is 29.2 Å². The lowest BCUT2D eigenvalue weighted by Crippen LogP contribution is -2.49. The zero-order valence-corrected chi connectivity index (χ0v) is 11.6. The summed E-state index contributed by atoms with van der Waals surface area (Å²) in [4.78, 5) is 12.1. The third-order valence-electron chi connectivity index (χ3n) is 4.68. The zero-order chi connectivity index (χ0) is 12.5. The largest absolute Gasteiger partial charge is 0.353 e. The second kappa shape index (κ2) is 4.99. The first-order valence-electron chi connectivity index (χ1n) is 7.29. The van der Waals surface area contributed by atoms with E-state index >= 15 is 0 Å². The van der Waals surface area contributed by atoms with Crippen molar-refractivity contribution < 1.29 is 4.79 Å². The molecular weight excluding hydrogens is 210 g/mol. The molecule has 2 aliphatic rings. The van der Waals surface area contributed by atoms with Gasteiger partial charge in [0.2, 0.25) is 5.91 Å². The predicted octanol–water partition coefficient (Wildman–Crippen LogP) is 3.51. The van der Waals surface area contributed by atoms with E-state index in [1.807, 2.05) is 0 Å². The van der Waals surface area contributed by atoms with E-state index in [9.17, 15) is 4.79 Å². The minimum absolute atomic E-state index is 0.317. The smallest absolute Gasteiger partial charge is 0.223 e. The number of carbonyl (C=O) groups is 1. The molecule has 0 saturated heterocycles. The van der Waals surface area contributed by atoms with Crippen molar-refractivity contribution >= 4 is 5.91 Å². The van der Waals surface area contributed by atoms with Gasteiger partial charge in [-0.25, -0.2) is 0 Å². The third kappa shape index (κ3) is 3.02. The van der Waals surface area contributed by atoms with E-state index in [1.54, 1.807) is 0 Å². The Hall–Kier alpha value is -0.530. The van der Waals surface area contributed by atoms with Crippen LogP contribution < -0.4 is 5.32 Å². The summed E-state index contributed by atoms with van der Waals surface area (Å²) in [6.45, 7) is 6.93. The molecule has 2 atom stereocenters. The van der Waals surface area contributed by atoms with Crippen molar-refractivity contribution in [1.82, 2.24) is 5.32 Å². The van der Waals surface area contributed by atoms with Gasteiger partial charge >= 0.3 is 0 Å². The van der Waals surface area contributed by atoms with Gasteiger partial charge in [-0.05, 0) is 37.0 Å². The summed E-state index contributed by atoms with van der Waals surface area (Å²) in [7, 11) is 0. The molecule has 0 unspecified atom stereocenters. The fraction of sp³-hybridized carbons (Fsp3) is 0.933. The Morgan fingerprint density at radius 2 is 1.65 bits per heavy atom. The van der Waals surface area contributed by atoms with Crippen LogP contribution in [0.3, 0.4) is 0 Å². The zero-order valence-electron chi connectivity index (χ0n) is 11.6. The molecule has 0 spiro atoms. The Balaban J connectivity index is 1.94. The maximum Gasteiger partial charge on any atom is 0.223 e. The van der Waals surface area contributed by atoms with Gasteiger partial charge in [0, 0.05) is 12.0 Å². The van der Waals surface area contributed by atoms with Crippen LogP contribution in [0, 0.1) is 17.3 Å². The van der Waals surface area contributed by atoms with Crippen molar-refractivity contribution in [3.05, 3.63) is 0 Å². The van der Waals surface area contributed by atoms with Gasteiger partial charge in [-0.2, -0.15) is 0 Å². The number of hydrogen-bond donors (Lipinski definition) is 1. The Morgan fingerprint density at radius 1 is 1.00 bits per heavy atom. The van der Waals surface area contributed by atoms with Gasteiger partial charge in [0.25, 0.3) is 0 Å². The van der Waals surface area contributed by atoms with Crippen molar-refractivity contribution in [1.29, 1.82) is 0 Å². The van der Waals surface area contributed by atoms with Gasteiger partial charge in [0.15, 0.2) is 0 Å². The SMILES string of the molecule is CC(C)(C)[C@@H]1CCCC[C@@H]1NC(=O)C1CCC1. The van der Waals surface area contributed by atoms with E-state index in [0.717, 1.165) is 12.8 Å². The fourth-order valence-electron chi connectivity index (χ4n) is 3.31. The van der Waals surface area contributed by atoms with E-state index in [1.165, 1.54) is 32.1 Å². The molecule has 2 aliphatic carbocycles. The maximum atomic E-state index is 12.1. The van der Waals surface area contributed by atoms with Crippen LogP contribution in [-0.2, 0) is 4.79 Å². The first-order valence-corrected chi connectivity index (χ1v) is 7.29. The van der Waals surface area contributed by atoms with Crippen LogP contribution in [0.15, 0.2) is 0 Å². The summed E-state index contributed by atoms with van der Waals surface area (Å²) >= 11 is 0. The minimum atomic E-state index is 0.317. The second-order valence-corrected chi connectivity index (χ2v) is 7.00. The van der Waals surface area contributed by atoms with Crippen LogP contribution in [-0.4, -0.2) is 11.9 Å². The first kappa shape index (κ1) is 12.9. The third-order valence-corrected chi connectivity index (χ3v) is 4.68. The van der Waals surface area contributed by atoms with Gasteiger partial charge < -0.3 is 5.32 Å². The average Bonchev–Trinajstić information content (AvgIpc) is 2.13. The number of rotatable bonds is 2. The Bertz CT molecular complexity index is 275. The molecule has 17 heavy (non-hydrogen) atoms. The summed E-state index contributed by atoms with van der Waals surface area (Å²) in [6, 6.07) is 0.428. The van der Waals surface area contributed by atoms with Gasteiger partial charge in [0.05, 0.1) is 0 Å². The monoisotopic (exact) mass is 237 g/mol. The number of carbonyl (C=O) groups excluding carboxylic acids is 1. The van der Waals surface area contributed by atoms with E-state index in [4.69, 9.17) is 0 Å². The van der Waals surface area contributed by atoms with Crippen molar-refractivity contribution in [3.63, 3.8) is 0 Å².